The highest BCUT2D eigenvalue weighted by molar-refractivity contribution is 5.51. The first-order chi connectivity index (χ1) is 9.38. The van der Waals surface area contributed by atoms with E-state index in [1.54, 1.807) is 0 Å². The van der Waals surface area contributed by atoms with Crippen molar-refractivity contribution in [1.82, 2.24) is 4.98 Å². The molecule has 0 unspecified atom stereocenters. The molecule has 1 aromatic rings. The van der Waals surface area contributed by atoms with Gasteiger partial charge in [-0.05, 0) is 31.7 Å². The number of pyridine rings is 1. The predicted molar refractivity (Wildman–Crippen MR) is 64.4 cm³/mol. The van der Waals surface area contributed by atoms with Gasteiger partial charge in [0.15, 0.2) is 0 Å². The van der Waals surface area contributed by atoms with Gasteiger partial charge >= 0.3 is 6.18 Å². The van der Waals surface area contributed by atoms with Crippen LogP contribution >= 0.6 is 0 Å². The number of halogens is 3. The minimum absolute atomic E-state index is 0.202. The second-order valence-electron chi connectivity index (χ2n) is 5.16. The van der Waals surface area contributed by atoms with Gasteiger partial charge in [0.1, 0.15) is 5.82 Å². The molecule has 5 nitrogen and oxygen atoms in total. The van der Waals surface area contributed by atoms with Gasteiger partial charge in [0, 0.05) is 18.2 Å². The van der Waals surface area contributed by atoms with Gasteiger partial charge < -0.3 is 4.90 Å². The van der Waals surface area contributed by atoms with Crippen molar-refractivity contribution >= 4 is 11.5 Å². The van der Waals surface area contributed by atoms with E-state index in [0.29, 0.717) is 0 Å². The smallest absolute Gasteiger partial charge is 0.351 e. The molecule has 0 N–H and O–H groups in total. The van der Waals surface area contributed by atoms with Gasteiger partial charge in [0.2, 0.25) is 5.69 Å². The quantitative estimate of drug-likeness (QED) is 0.619. The summed E-state index contributed by atoms with van der Waals surface area (Å²) in [6.07, 6.45) is -1.03. The number of nitrogens with zero attached hydrogens (tertiary/aromatic N) is 3. The van der Waals surface area contributed by atoms with E-state index >= 15 is 0 Å². The van der Waals surface area contributed by atoms with Crippen molar-refractivity contribution in [3.63, 3.8) is 0 Å². The summed E-state index contributed by atoms with van der Waals surface area (Å²) >= 11 is 0. The van der Waals surface area contributed by atoms with Crippen LogP contribution in [0.2, 0.25) is 0 Å². The fourth-order valence-electron chi connectivity index (χ4n) is 3.23. The molecule has 0 radical (unpaired) electrons. The molecule has 0 aliphatic carbocycles. The predicted octanol–water partition coefficient (Wildman–Crippen LogP) is 3.14. The molecule has 2 fully saturated rings. The maximum Gasteiger partial charge on any atom is 0.440 e. The number of nitro groups is 1. The summed E-state index contributed by atoms with van der Waals surface area (Å²) in [5.41, 5.74) is -2.40. The first-order valence-corrected chi connectivity index (χ1v) is 6.39. The number of anilines is 1. The minimum Gasteiger partial charge on any atom is -0.351 e. The van der Waals surface area contributed by atoms with Gasteiger partial charge in [-0.3, -0.25) is 10.1 Å². The third-order valence-electron chi connectivity index (χ3n) is 4.04. The third kappa shape index (κ3) is 1.99. The van der Waals surface area contributed by atoms with E-state index in [2.05, 4.69) is 4.98 Å². The molecule has 2 aliphatic rings. The van der Waals surface area contributed by atoms with Crippen LogP contribution < -0.4 is 4.90 Å². The molecule has 8 heteroatoms. The Kier molecular flexibility index (Phi) is 2.84. The second kappa shape index (κ2) is 4.32. The van der Waals surface area contributed by atoms with Crippen LogP contribution in [0.4, 0.5) is 24.7 Å². The maximum atomic E-state index is 12.9. The van der Waals surface area contributed by atoms with Crippen molar-refractivity contribution in [3.8, 4) is 0 Å². The SMILES string of the molecule is O=[N+]([O-])c1ccc(N2C3CCC2CC3)nc1C(F)(F)F. The van der Waals surface area contributed by atoms with E-state index in [1.165, 1.54) is 6.07 Å². The van der Waals surface area contributed by atoms with Crippen LogP contribution in [0.25, 0.3) is 0 Å². The molecular formula is C12H12F3N3O2. The van der Waals surface area contributed by atoms with Crippen molar-refractivity contribution in [1.29, 1.82) is 0 Å². The summed E-state index contributed by atoms with van der Waals surface area (Å²) in [5.74, 6) is 0.202. The van der Waals surface area contributed by atoms with Gasteiger partial charge in [-0.25, -0.2) is 4.98 Å². The first kappa shape index (κ1) is 13.1. The number of hydrogen-bond acceptors (Lipinski definition) is 4. The van der Waals surface area contributed by atoms with Crippen molar-refractivity contribution in [2.24, 2.45) is 0 Å². The monoisotopic (exact) mass is 287 g/mol. The van der Waals surface area contributed by atoms with Crippen molar-refractivity contribution in [2.75, 3.05) is 4.90 Å². The van der Waals surface area contributed by atoms with Crippen molar-refractivity contribution < 1.29 is 18.1 Å². The lowest BCUT2D eigenvalue weighted by Crippen LogP contribution is -2.29. The largest absolute Gasteiger partial charge is 0.440 e. The maximum absolute atomic E-state index is 12.9. The molecule has 2 aliphatic heterocycles. The van der Waals surface area contributed by atoms with Gasteiger partial charge in [-0.15, -0.1) is 0 Å². The lowest BCUT2D eigenvalue weighted by Gasteiger charge is -2.23. The molecule has 3 rings (SSSR count). The second-order valence-corrected chi connectivity index (χ2v) is 5.16. The lowest BCUT2D eigenvalue weighted by atomic mass is 10.0. The topological polar surface area (TPSA) is 59.3 Å². The Bertz CT molecular complexity index is 541. The molecular weight excluding hydrogens is 275 g/mol. The van der Waals surface area contributed by atoms with Crippen LogP contribution in [0.1, 0.15) is 31.4 Å². The average Bonchev–Trinajstić information content (AvgIpc) is 2.96. The summed E-state index contributed by atoms with van der Waals surface area (Å²) in [7, 11) is 0. The third-order valence-corrected chi connectivity index (χ3v) is 4.04. The fourth-order valence-corrected chi connectivity index (χ4v) is 3.23. The average molecular weight is 287 g/mol. The van der Waals surface area contributed by atoms with Gasteiger partial charge in [0.05, 0.1) is 4.92 Å². The summed E-state index contributed by atoms with van der Waals surface area (Å²) in [6.45, 7) is 0. The fraction of sp³-hybridized carbons (Fsp3) is 0.583. The Hall–Kier alpha value is -1.86. The number of hydrogen-bond donors (Lipinski definition) is 0. The van der Waals surface area contributed by atoms with Crippen LogP contribution in [0.15, 0.2) is 12.1 Å². The van der Waals surface area contributed by atoms with Gasteiger partial charge in [0.25, 0.3) is 5.69 Å². The van der Waals surface area contributed by atoms with E-state index in [1.807, 2.05) is 4.90 Å². The van der Waals surface area contributed by atoms with E-state index < -0.39 is 22.5 Å². The molecule has 108 valence electrons. The molecule has 0 amide bonds. The number of fused-ring (bicyclic) bond motifs is 2. The number of rotatable bonds is 2. The van der Waals surface area contributed by atoms with E-state index in [-0.39, 0.29) is 17.9 Å². The van der Waals surface area contributed by atoms with Crippen molar-refractivity contribution in [3.05, 3.63) is 27.9 Å². The zero-order valence-corrected chi connectivity index (χ0v) is 10.4. The molecule has 0 aromatic carbocycles. The minimum atomic E-state index is -4.82. The zero-order valence-electron chi connectivity index (χ0n) is 10.4. The van der Waals surface area contributed by atoms with Crippen LogP contribution in [0.5, 0.6) is 0 Å². The Labute approximate surface area is 112 Å². The summed E-state index contributed by atoms with van der Waals surface area (Å²) in [6, 6.07) is 2.66. The van der Waals surface area contributed by atoms with E-state index in [9.17, 15) is 23.3 Å². The van der Waals surface area contributed by atoms with Crippen LogP contribution in [0, 0.1) is 10.1 Å². The van der Waals surface area contributed by atoms with Crippen molar-refractivity contribution in [2.45, 2.75) is 43.9 Å². The molecule has 3 heterocycles. The molecule has 0 spiro atoms. The Morgan fingerprint density at radius 3 is 2.20 bits per heavy atom. The van der Waals surface area contributed by atoms with Gasteiger partial charge in [-0.2, -0.15) is 13.2 Å². The number of aromatic nitrogens is 1. The molecule has 0 atom stereocenters. The van der Waals surface area contributed by atoms with E-state index in [4.69, 9.17) is 0 Å². The van der Waals surface area contributed by atoms with Crippen LogP contribution in [-0.2, 0) is 6.18 Å². The zero-order chi connectivity index (χ0) is 14.5. The highest BCUT2D eigenvalue weighted by atomic mass is 19.4. The summed E-state index contributed by atoms with van der Waals surface area (Å²) in [5, 5.41) is 10.7. The highest BCUT2D eigenvalue weighted by Gasteiger charge is 2.44. The summed E-state index contributed by atoms with van der Waals surface area (Å²) < 4.78 is 38.7. The molecule has 2 bridgehead atoms. The van der Waals surface area contributed by atoms with Crippen LogP contribution in [0.3, 0.4) is 0 Å². The van der Waals surface area contributed by atoms with Crippen LogP contribution in [-0.4, -0.2) is 22.0 Å². The van der Waals surface area contributed by atoms with Gasteiger partial charge in [-0.1, -0.05) is 0 Å². The first-order valence-electron chi connectivity index (χ1n) is 6.39. The lowest BCUT2D eigenvalue weighted by molar-refractivity contribution is -0.388. The number of alkyl halides is 3. The standard InChI is InChI=1S/C12H12F3N3O2/c13-12(14,15)11-9(18(19)20)5-6-10(16-11)17-7-1-2-8(17)4-3-7/h5-8H,1-4H2. The Morgan fingerprint density at radius 1 is 1.20 bits per heavy atom. The van der Waals surface area contributed by atoms with E-state index in [0.717, 1.165) is 31.7 Å². The molecule has 20 heavy (non-hydrogen) atoms. The molecule has 1 aromatic heterocycles. The summed E-state index contributed by atoms with van der Waals surface area (Å²) in [4.78, 5) is 15.1. The normalized spacial score (nSPS) is 25.2. The molecule has 2 saturated heterocycles. The Morgan fingerprint density at radius 2 is 1.75 bits per heavy atom. The molecule has 0 saturated carbocycles. The Balaban J connectivity index is 2.04. The highest BCUT2D eigenvalue weighted by Crippen LogP contribution is 2.42.